The first-order chi connectivity index (χ1) is 17.7. The quantitative estimate of drug-likeness (QED) is 0.0550. The Morgan fingerprint density at radius 3 is 0.889 bits per heavy atom. The van der Waals surface area contributed by atoms with Crippen LogP contribution in [0.1, 0.15) is 193 Å². The number of ether oxygens (including phenoxy) is 1. The first kappa shape index (κ1) is 35.2. The van der Waals surface area contributed by atoms with Gasteiger partial charge in [0.2, 0.25) is 0 Å². The van der Waals surface area contributed by atoms with Gasteiger partial charge in [-0.15, -0.1) is 0 Å². The molecule has 0 rings (SSSR count). The molecule has 0 aliphatic heterocycles. The molecule has 0 aromatic carbocycles. The fourth-order valence-corrected chi connectivity index (χ4v) is 5.25. The van der Waals surface area contributed by atoms with E-state index in [-0.39, 0.29) is 5.97 Å². The highest BCUT2D eigenvalue weighted by atomic mass is 16.5. The molecule has 0 unspecified atom stereocenters. The van der Waals surface area contributed by atoms with Gasteiger partial charge in [0.25, 0.3) is 0 Å². The van der Waals surface area contributed by atoms with E-state index in [2.05, 4.69) is 18.2 Å². The maximum atomic E-state index is 11.3. The molecule has 0 N–H and O–H groups in total. The van der Waals surface area contributed by atoms with E-state index in [0.717, 1.165) is 12.8 Å². The van der Waals surface area contributed by atoms with Crippen molar-refractivity contribution >= 4 is 5.97 Å². The zero-order chi connectivity index (χ0) is 26.4. The molecule has 0 heterocycles. The predicted octanol–water partition coefficient (Wildman–Crippen LogP) is 12.0. The molecule has 2 heteroatoms. The van der Waals surface area contributed by atoms with Crippen molar-refractivity contribution in [2.24, 2.45) is 0 Å². The second kappa shape index (κ2) is 30.4. The standard InChI is InChI=1S/C34H66O2/c1-4-5-6-7-8-9-10-11-12-13-14-15-16-17-18-19-20-21-22-23-24-25-26-27-28-29-30-31-32-33(2)34(35)36-3/h2,4-32H2,1,3H3. The monoisotopic (exact) mass is 507 g/mol. The van der Waals surface area contributed by atoms with Crippen molar-refractivity contribution in [3.63, 3.8) is 0 Å². The van der Waals surface area contributed by atoms with Crippen LogP contribution >= 0.6 is 0 Å². The third kappa shape index (κ3) is 27.8. The summed E-state index contributed by atoms with van der Waals surface area (Å²) in [5.41, 5.74) is 0.618. The summed E-state index contributed by atoms with van der Waals surface area (Å²) < 4.78 is 4.69. The minimum absolute atomic E-state index is 0.250. The SMILES string of the molecule is C=C(CCCCCCCCCCCCCCCCCCCCCCCCCCCCCC)C(=O)OC. The molecule has 0 amide bonds. The lowest BCUT2D eigenvalue weighted by Crippen LogP contribution is -2.03. The minimum Gasteiger partial charge on any atom is -0.466 e. The largest absolute Gasteiger partial charge is 0.466 e. The van der Waals surface area contributed by atoms with E-state index in [4.69, 9.17) is 0 Å². The van der Waals surface area contributed by atoms with Crippen LogP contribution in [0.25, 0.3) is 0 Å². The highest BCUT2D eigenvalue weighted by Crippen LogP contribution is 2.16. The molecule has 2 nitrogen and oxygen atoms in total. The van der Waals surface area contributed by atoms with Crippen molar-refractivity contribution in [1.29, 1.82) is 0 Å². The number of hydrogen-bond acceptors (Lipinski definition) is 2. The Balaban J connectivity index is 3.08. The van der Waals surface area contributed by atoms with Gasteiger partial charge in [-0.2, -0.15) is 0 Å². The molecule has 0 atom stereocenters. The summed E-state index contributed by atoms with van der Waals surface area (Å²) in [6.45, 7) is 6.09. The van der Waals surface area contributed by atoms with E-state index in [0.29, 0.717) is 5.57 Å². The molecule has 0 radical (unpaired) electrons. The summed E-state index contributed by atoms with van der Waals surface area (Å²) in [7, 11) is 1.43. The summed E-state index contributed by atoms with van der Waals surface area (Å²) in [4.78, 5) is 11.3. The Morgan fingerprint density at radius 1 is 0.444 bits per heavy atom. The fraction of sp³-hybridized carbons (Fsp3) is 0.912. The molecule has 0 aromatic heterocycles. The van der Waals surface area contributed by atoms with Crippen LogP contribution in [-0.4, -0.2) is 13.1 Å². The Kier molecular flexibility index (Phi) is 29.8. The predicted molar refractivity (Wildman–Crippen MR) is 161 cm³/mol. The van der Waals surface area contributed by atoms with Crippen LogP contribution < -0.4 is 0 Å². The van der Waals surface area contributed by atoms with Crippen LogP contribution in [0.3, 0.4) is 0 Å². The average Bonchev–Trinajstić information content (AvgIpc) is 2.89. The van der Waals surface area contributed by atoms with Gasteiger partial charge >= 0.3 is 5.97 Å². The number of methoxy groups -OCH3 is 1. The van der Waals surface area contributed by atoms with Gasteiger partial charge < -0.3 is 4.74 Å². The number of rotatable bonds is 30. The van der Waals surface area contributed by atoms with Crippen LogP contribution in [0, 0.1) is 0 Å². The molecule has 0 aliphatic carbocycles. The van der Waals surface area contributed by atoms with Crippen LogP contribution in [-0.2, 0) is 9.53 Å². The lowest BCUT2D eigenvalue weighted by molar-refractivity contribution is -0.136. The van der Waals surface area contributed by atoms with Crippen molar-refractivity contribution in [1.82, 2.24) is 0 Å². The zero-order valence-corrected chi connectivity index (χ0v) is 25.0. The Labute approximate surface area is 227 Å². The van der Waals surface area contributed by atoms with Crippen LogP contribution in [0.2, 0.25) is 0 Å². The van der Waals surface area contributed by atoms with Crippen LogP contribution in [0.15, 0.2) is 12.2 Å². The molecule has 0 saturated heterocycles. The van der Waals surface area contributed by atoms with Gasteiger partial charge in [0.05, 0.1) is 7.11 Å². The van der Waals surface area contributed by atoms with Crippen LogP contribution in [0.4, 0.5) is 0 Å². The topological polar surface area (TPSA) is 26.3 Å². The smallest absolute Gasteiger partial charge is 0.333 e. The van der Waals surface area contributed by atoms with Gasteiger partial charge in [-0.3, -0.25) is 0 Å². The second-order valence-corrected chi connectivity index (χ2v) is 11.4. The molecule has 0 saturated carbocycles. The maximum Gasteiger partial charge on any atom is 0.333 e. The summed E-state index contributed by atoms with van der Waals surface area (Å²) in [5.74, 6) is -0.250. The van der Waals surface area contributed by atoms with Crippen LogP contribution in [0.5, 0.6) is 0 Å². The van der Waals surface area contributed by atoms with Crippen molar-refractivity contribution in [2.45, 2.75) is 193 Å². The molecule has 0 spiro atoms. The molecule has 214 valence electrons. The Bertz CT molecular complexity index is 456. The van der Waals surface area contributed by atoms with Gasteiger partial charge in [-0.1, -0.05) is 187 Å². The fourth-order valence-electron chi connectivity index (χ4n) is 5.25. The first-order valence-corrected chi connectivity index (χ1v) is 16.5. The number of esters is 1. The highest BCUT2D eigenvalue weighted by molar-refractivity contribution is 5.87. The zero-order valence-electron chi connectivity index (χ0n) is 25.0. The number of carbonyl (C=O) groups is 1. The molecule has 0 aliphatic rings. The number of hydrogen-bond donors (Lipinski definition) is 0. The van der Waals surface area contributed by atoms with Gasteiger partial charge in [-0.05, 0) is 12.8 Å². The number of unbranched alkanes of at least 4 members (excludes halogenated alkanes) is 27. The van der Waals surface area contributed by atoms with E-state index in [1.54, 1.807) is 0 Å². The molecular formula is C34H66O2. The summed E-state index contributed by atoms with van der Waals surface area (Å²) in [5, 5.41) is 0. The number of carbonyl (C=O) groups excluding carboxylic acids is 1. The lowest BCUT2D eigenvalue weighted by atomic mass is 10.0. The van der Waals surface area contributed by atoms with E-state index in [9.17, 15) is 4.79 Å². The minimum atomic E-state index is -0.250. The molecule has 36 heavy (non-hydrogen) atoms. The van der Waals surface area contributed by atoms with Gasteiger partial charge in [0, 0.05) is 5.57 Å². The molecular weight excluding hydrogens is 440 g/mol. The van der Waals surface area contributed by atoms with E-state index >= 15 is 0 Å². The van der Waals surface area contributed by atoms with E-state index in [1.165, 1.54) is 180 Å². The van der Waals surface area contributed by atoms with Crippen molar-refractivity contribution < 1.29 is 9.53 Å². The first-order valence-electron chi connectivity index (χ1n) is 16.5. The second-order valence-electron chi connectivity index (χ2n) is 11.4. The Hall–Kier alpha value is -0.790. The Morgan fingerprint density at radius 2 is 0.667 bits per heavy atom. The van der Waals surface area contributed by atoms with Gasteiger partial charge in [-0.25, -0.2) is 4.79 Å². The third-order valence-corrected chi connectivity index (χ3v) is 7.81. The van der Waals surface area contributed by atoms with E-state index in [1.807, 2.05) is 0 Å². The summed E-state index contributed by atoms with van der Waals surface area (Å²) in [6.07, 6.45) is 40.5. The molecule has 0 bridgehead atoms. The molecule has 0 aromatic rings. The van der Waals surface area contributed by atoms with E-state index < -0.39 is 0 Å². The lowest BCUT2D eigenvalue weighted by Gasteiger charge is -2.05. The molecule has 0 fully saturated rings. The van der Waals surface area contributed by atoms with Crippen molar-refractivity contribution in [3.8, 4) is 0 Å². The summed E-state index contributed by atoms with van der Waals surface area (Å²) >= 11 is 0. The normalized spacial score (nSPS) is 11.2. The summed E-state index contributed by atoms with van der Waals surface area (Å²) in [6, 6.07) is 0. The average molecular weight is 507 g/mol. The van der Waals surface area contributed by atoms with Crippen molar-refractivity contribution in [2.75, 3.05) is 7.11 Å². The highest BCUT2D eigenvalue weighted by Gasteiger charge is 2.05. The van der Waals surface area contributed by atoms with Crippen molar-refractivity contribution in [3.05, 3.63) is 12.2 Å². The maximum absolute atomic E-state index is 11.3. The van der Waals surface area contributed by atoms with Gasteiger partial charge in [0.15, 0.2) is 0 Å². The third-order valence-electron chi connectivity index (χ3n) is 7.81. The van der Waals surface area contributed by atoms with Gasteiger partial charge in [0.1, 0.15) is 0 Å².